The van der Waals surface area contributed by atoms with E-state index in [9.17, 15) is 4.79 Å². The first kappa shape index (κ1) is 10.7. The van der Waals surface area contributed by atoms with E-state index in [1.165, 1.54) is 11.1 Å². The molecule has 0 fully saturated rings. The standard InChI is InChI=1S/C12H15N3O/c1-8-5-6-9-3-2-4-11(10(9)7-8)14-15-12(13)16/h5-7H,2-4H2,1H3,(H3,13,15,16). The molecule has 0 unspecified atom stereocenters. The SMILES string of the molecule is Cc1ccc2c(c1)C(=NNC(N)=O)CCC2. The van der Waals surface area contributed by atoms with Crippen LogP contribution >= 0.6 is 0 Å². The molecule has 0 aromatic heterocycles. The molecule has 84 valence electrons. The minimum atomic E-state index is -0.618. The van der Waals surface area contributed by atoms with Crippen LogP contribution in [0, 0.1) is 6.92 Å². The van der Waals surface area contributed by atoms with E-state index in [0.29, 0.717) is 0 Å². The Morgan fingerprint density at radius 1 is 1.44 bits per heavy atom. The number of carbonyl (C=O) groups is 1. The average molecular weight is 217 g/mol. The molecule has 0 aliphatic heterocycles. The number of nitrogens with one attached hydrogen (secondary N) is 1. The highest BCUT2D eigenvalue weighted by Gasteiger charge is 2.15. The molecule has 1 aliphatic rings. The maximum Gasteiger partial charge on any atom is 0.332 e. The number of nitrogens with two attached hydrogens (primary N) is 1. The monoisotopic (exact) mass is 217 g/mol. The molecule has 1 aliphatic carbocycles. The first-order chi connectivity index (χ1) is 7.66. The zero-order valence-corrected chi connectivity index (χ0v) is 9.29. The van der Waals surface area contributed by atoms with Crippen molar-refractivity contribution in [3.8, 4) is 0 Å². The minimum absolute atomic E-state index is 0.618. The Hall–Kier alpha value is -1.84. The molecule has 1 aromatic carbocycles. The molecule has 0 heterocycles. The fourth-order valence-electron chi connectivity index (χ4n) is 2.00. The molecule has 0 radical (unpaired) electrons. The third-order valence-corrected chi connectivity index (χ3v) is 2.74. The first-order valence-electron chi connectivity index (χ1n) is 5.39. The summed E-state index contributed by atoms with van der Waals surface area (Å²) in [5, 5.41) is 4.06. The van der Waals surface area contributed by atoms with Crippen LogP contribution in [0.5, 0.6) is 0 Å². The normalized spacial score (nSPS) is 16.9. The number of amides is 2. The van der Waals surface area contributed by atoms with Crippen LogP contribution < -0.4 is 11.2 Å². The van der Waals surface area contributed by atoms with E-state index in [1.807, 2.05) is 6.92 Å². The van der Waals surface area contributed by atoms with E-state index in [-0.39, 0.29) is 0 Å². The van der Waals surface area contributed by atoms with E-state index in [2.05, 4.69) is 28.7 Å². The van der Waals surface area contributed by atoms with Gasteiger partial charge in [0.1, 0.15) is 0 Å². The molecular formula is C12H15N3O. The van der Waals surface area contributed by atoms with Gasteiger partial charge in [-0.3, -0.25) is 0 Å². The van der Waals surface area contributed by atoms with Crippen molar-refractivity contribution >= 4 is 11.7 Å². The fourth-order valence-corrected chi connectivity index (χ4v) is 2.00. The number of fused-ring (bicyclic) bond motifs is 1. The zero-order valence-electron chi connectivity index (χ0n) is 9.29. The maximum absolute atomic E-state index is 10.6. The molecule has 0 atom stereocenters. The Balaban J connectivity index is 2.35. The Kier molecular flexibility index (Phi) is 2.90. The summed E-state index contributed by atoms with van der Waals surface area (Å²) in [6.07, 6.45) is 3.03. The maximum atomic E-state index is 10.6. The number of primary amides is 1. The number of hydrogen-bond acceptors (Lipinski definition) is 2. The second-order valence-corrected chi connectivity index (χ2v) is 4.05. The summed E-state index contributed by atoms with van der Waals surface area (Å²) < 4.78 is 0. The van der Waals surface area contributed by atoms with Crippen LogP contribution in [0.4, 0.5) is 4.79 Å². The van der Waals surface area contributed by atoms with Crippen LogP contribution in [0.15, 0.2) is 23.3 Å². The molecular weight excluding hydrogens is 202 g/mol. The summed E-state index contributed by atoms with van der Waals surface area (Å²) in [5.74, 6) is 0. The Morgan fingerprint density at radius 3 is 3.00 bits per heavy atom. The van der Waals surface area contributed by atoms with Crippen LogP contribution in [-0.4, -0.2) is 11.7 Å². The van der Waals surface area contributed by atoms with Crippen molar-refractivity contribution in [1.82, 2.24) is 5.43 Å². The van der Waals surface area contributed by atoms with Gasteiger partial charge in [0.2, 0.25) is 0 Å². The zero-order chi connectivity index (χ0) is 11.5. The molecule has 4 heteroatoms. The molecule has 4 nitrogen and oxygen atoms in total. The van der Waals surface area contributed by atoms with Crippen molar-refractivity contribution in [1.29, 1.82) is 0 Å². The van der Waals surface area contributed by atoms with E-state index in [4.69, 9.17) is 5.73 Å². The van der Waals surface area contributed by atoms with Gasteiger partial charge >= 0.3 is 6.03 Å². The molecule has 0 saturated heterocycles. The number of benzene rings is 1. The fraction of sp³-hybridized carbons (Fsp3) is 0.333. The molecule has 0 spiro atoms. The number of aryl methyl sites for hydroxylation is 2. The van der Waals surface area contributed by atoms with Gasteiger partial charge in [-0.05, 0) is 37.8 Å². The van der Waals surface area contributed by atoms with Crippen LogP contribution in [-0.2, 0) is 6.42 Å². The molecule has 2 amide bonds. The van der Waals surface area contributed by atoms with Gasteiger partial charge in [0, 0.05) is 5.56 Å². The predicted molar refractivity (Wildman–Crippen MR) is 63.4 cm³/mol. The minimum Gasteiger partial charge on any atom is -0.350 e. The van der Waals surface area contributed by atoms with Crippen molar-refractivity contribution in [3.05, 3.63) is 34.9 Å². The average Bonchev–Trinajstić information content (AvgIpc) is 2.26. The van der Waals surface area contributed by atoms with Gasteiger partial charge in [-0.25, -0.2) is 10.2 Å². The molecule has 0 bridgehead atoms. The summed E-state index contributed by atoms with van der Waals surface area (Å²) in [5.41, 5.74) is 11.9. The second kappa shape index (κ2) is 4.35. The number of hydrazone groups is 1. The third-order valence-electron chi connectivity index (χ3n) is 2.74. The van der Waals surface area contributed by atoms with Gasteiger partial charge in [-0.1, -0.05) is 17.7 Å². The topological polar surface area (TPSA) is 67.5 Å². The lowest BCUT2D eigenvalue weighted by molar-refractivity contribution is 0.249. The highest BCUT2D eigenvalue weighted by Crippen LogP contribution is 2.22. The van der Waals surface area contributed by atoms with Gasteiger partial charge in [0.25, 0.3) is 0 Å². The molecule has 16 heavy (non-hydrogen) atoms. The van der Waals surface area contributed by atoms with Crippen LogP contribution in [0.2, 0.25) is 0 Å². The summed E-state index contributed by atoms with van der Waals surface area (Å²) in [6.45, 7) is 2.05. The number of hydrogen-bond donors (Lipinski definition) is 2. The number of urea groups is 1. The molecule has 1 aromatic rings. The van der Waals surface area contributed by atoms with Gasteiger partial charge in [0.05, 0.1) is 5.71 Å². The summed E-state index contributed by atoms with van der Waals surface area (Å²) in [7, 11) is 0. The van der Waals surface area contributed by atoms with E-state index < -0.39 is 6.03 Å². The predicted octanol–water partition coefficient (Wildman–Crippen LogP) is 1.70. The van der Waals surface area contributed by atoms with Gasteiger partial charge in [-0.15, -0.1) is 0 Å². The van der Waals surface area contributed by atoms with Crippen molar-refractivity contribution in [3.63, 3.8) is 0 Å². The van der Waals surface area contributed by atoms with E-state index in [1.54, 1.807) is 0 Å². The molecule has 2 rings (SSSR count). The number of carbonyl (C=O) groups excluding carboxylic acids is 1. The highest BCUT2D eigenvalue weighted by molar-refractivity contribution is 6.03. The van der Waals surface area contributed by atoms with Crippen molar-refractivity contribution in [2.75, 3.05) is 0 Å². The highest BCUT2D eigenvalue weighted by atomic mass is 16.2. The summed E-state index contributed by atoms with van der Waals surface area (Å²) in [6, 6.07) is 5.72. The molecule has 0 saturated carbocycles. The third kappa shape index (κ3) is 2.21. The second-order valence-electron chi connectivity index (χ2n) is 4.05. The first-order valence-corrected chi connectivity index (χ1v) is 5.39. The van der Waals surface area contributed by atoms with Crippen molar-refractivity contribution < 1.29 is 4.79 Å². The largest absolute Gasteiger partial charge is 0.350 e. The Bertz CT molecular complexity index is 452. The lowest BCUT2D eigenvalue weighted by Gasteiger charge is -2.18. The van der Waals surface area contributed by atoms with Gasteiger partial charge < -0.3 is 5.73 Å². The van der Waals surface area contributed by atoms with E-state index in [0.717, 1.165) is 30.5 Å². The molecule has 3 N–H and O–H groups in total. The van der Waals surface area contributed by atoms with Crippen LogP contribution in [0.25, 0.3) is 0 Å². The lowest BCUT2D eigenvalue weighted by atomic mass is 9.89. The van der Waals surface area contributed by atoms with Crippen molar-refractivity contribution in [2.24, 2.45) is 10.8 Å². The van der Waals surface area contributed by atoms with Gasteiger partial charge in [0.15, 0.2) is 0 Å². The smallest absolute Gasteiger partial charge is 0.332 e. The summed E-state index contributed by atoms with van der Waals surface area (Å²) in [4.78, 5) is 10.6. The van der Waals surface area contributed by atoms with Gasteiger partial charge in [-0.2, -0.15) is 5.10 Å². The van der Waals surface area contributed by atoms with Crippen molar-refractivity contribution in [2.45, 2.75) is 26.2 Å². The quantitative estimate of drug-likeness (QED) is 0.691. The lowest BCUT2D eigenvalue weighted by Crippen LogP contribution is -2.27. The number of nitrogens with zero attached hydrogens (tertiary/aromatic N) is 1. The summed E-state index contributed by atoms with van der Waals surface area (Å²) >= 11 is 0. The Morgan fingerprint density at radius 2 is 2.25 bits per heavy atom. The van der Waals surface area contributed by atoms with E-state index >= 15 is 0 Å². The van der Waals surface area contributed by atoms with Crippen LogP contribution in [0.1, 0.15) is 29.5 Å². The number of rotatable bonds is 1. The van der Waals surface area contributed by atoms with Crippen LogP contribution in [0.3, 0.4) is 0 Å². The Labute approximate surface area is 94.5 Å².